The van der Waals surface area contributed by atoms with E-state index in [1.165, 1.54) is 42.8 Å². The van der Waals surface area contributed by atoms with Crippen LogP contribution in [0.15, 0.2) is 28.8 Å². The molecule has 0 amide bonds. The van der Waals surface area contributed by atoms with Gasteiger partial charge in [-0.3, -0.25) is 0 Å². The normalized spacial score (nSPS) is 19.1. The van der Waals surface area contributed by atoms with E-state index in [-0.39, 0.29) is 0 Å². The van der Waals surface area contributed by atoms with Crippen LogP contribution in [0.2, 0.25) is 0 Å². The summed E-state index contributed by atoms with van der Waals surface area (Å²) in [6, 6.07) is 0. The molecule has 0 aromatic rings. The molecule has 0 spiro atoms. The van der Waals surface area contributed by atoms with Crippen molar-refractivity contribution >= 4 is 0 Å². The molecular weight excluding hydrogens is 194 g/mol. The Morgan fingerprint density at radius 3 is 2.56 bits per heavy atom. The van der Waals surface area contributed by atoms with Crippen LogP contribution in [0, 0.1) is 5.92 Å². The van der Waals surface area contributed by atoms with Crippen molar-refractivity contribution < 1.29 is 0 Å². The van der Waals surface area contributed by atoms with Crippen molar-refractivity contribution in [1.82, 2.24) is 4.90 Å². The first-order valence-electron chi connectivity index (χ1n) is 6.64. The van der Waals surface area contributed by atoms with Crippen LogP contribution >= 0.6 is 0 Å². The molecule has 1 heteroatoms. The van der Waals surface area contributed by atoms with E-state index >= 15 is 0 Å². The predicted octanol–water partition coefficient (Wildman–Crippen LogP) is 4.48. The standard InChI is InChI=1S/C13H19N.C2H6/c1-10(2)12-8-11(3)14-7-5-4-6-13(14)9-12;1-2/h9-10H,4-7H2,1-3H3;1-2H3. The molecule has 0 atom stereocenters. The van der Waals surface area contributed by atoms with Crippen LogP contribution in [0.3, 0.4) is 0 Å². The third kappa shape index (κ3) is 2.80. The zero-order chi connectivity index (χ0) is 12.1. The van der Waals surface area contributed by atoms with Crippen LogP contribution in [0.25, 0.3) is 0 Å². The van der Waals surface area contributed by atoms with Gasteiger partial charge in [0.2, 0.25) is 0 Å². The second-order valence-corrected chi connectivity index (χ2v) is 4.56. The number of nitrogens with zero attached hydrogens (tertiary/aromatic N) is 1. The average molecular weight is 219 g/mol. The fraction of sp³-hybridized carbons (Fsp3) is 0.667. The van der Waals surface area contributed by atoms with E-state index in [9.17, 15) is 0 Å². The van der Waals surface area contributed by atoms with E-state index in [0.29, 0.717) is 5.92 Å². The number of hydrogen-bond acceptors (Lipinski definition) is 1. The summed E-state index contributed by atoms with van der Waals surface area (Å²) >= 11 is 0. The first-order chi connectivity index (χ1) is 7.68. The van der Waals surface area contributed by atoms with Crippen molar-refractivity contribution in [1.29, 1.82) is 0 Å². The molecule has 0 bridgehead atoms. The first-order valence-corrected chi connectivity index (χ1v) is 6.64. The Morgan fingerprint density at radius 2 is 1.94 bits per heavy atom. The molecule has 2 aliphatic heterocycles. The van der Waals surface area contributed by atoms with Crippen molar-refractivity contribution in [3.8, 4) is 0 Å². The van der Waals surface area contributed by atoms with Gasteiger partial charge < -0.3 is 4.90 Å². The maximum Gasteiger partial charge on any atom is 0.0577 e. The number of piperidine rings is 1. The van der Waals surface area contributed by atoms with Gasteiger partial charge in [-0.05, 0) is 38.2 Å². The number of rotatable bonds is 1. The van der Waals surface area contributed by atoms with Crippen molar-refractivity contribution in [2.45, 2.75) is 53.9 Å². The van der Waals surface area contributed by atoms with E-state index in [0.717, 1.165) is 0 Å². The van der Waals surface area contributed by atoms with Gasteiger partial charge in [0.15, 0.2) is 0 Å². The maximum atomic E-state index is 3.50. The molecule has 16 heavy (non-hydrogen) atoms. The summed E-state index contributed by atoms with van der Waals surface area (Å²) in [5.41, 5.74) is 7.69. The van der Waals surface area contributed by atoms with Crippen LogP contribution < -0.4 is 0 Å². The van der Waals surface area contributed by atoms with Gasteiger partial charge in [0.05, 0.1) is 5.70 Å². The quantitative estimate of drug-likeness (QED) is 0.588. The highest BCUT2D eigenvalue weighted by Crippen LogP contribution is 2.29. The summed E-state index contributed by atoms with van der Waals surface area (Å²) in [7, 11) is 0. The van der Waals surface area contributed by atoms with Crippen LogP contribution in [0.1, 0.15) is 53.9 Å². The van der Waals surface area contributed by atoms with Crippen LogP contribution in [0.4, 0.5) is 0 Å². The largest absolute Gasteiger partial charge is 0.342 e. The molecule has 2 rings (SSSR count). The minimum atomic E-state index is 0.599. The van der Waals surface area contributed by atoms with Crippen molar-refractivity contribution in [3.63, 3.8) is 0 Å². The summed E-state index contributed by atoms with van der Waals surface area (Å²) in [4.78, 5) is 2.43. The van der Waals surface area contributed by atoms with Crippen molar-refractivity contribution in [2.24, 2.45) is 5.92 Å². The van der Waals surface area contributed by atoms with Gasteiger partial charge in [-0.2, -0.15) is 0 Å². The summed E-state index contributed by atoms with van der Waals surface area (Å²) in [5.74, 6) is 0.599. The molecule has 0 radical (unpaired) electrons. The smallest absolute Gasteiger partial charge is 0.0577 e. The van der Waals surface area contributed by atoms with Gasteiger partial charge in [0.1, 0.15) is 0 Å². The minimum absolute atomic E-state index is 0.599. The van der Waals surface area contributed by atoms with Crippen LogP contribution in [-0.4, -0.2) is 11.4 Å². The summed E-state index contributed by atoms with van der Waals surface area (Å²) < 4.78 is 0. The summed E-state index contributed by atoms with van der Waals surface area (Å²) in [6.45, 7) is 11.9. The van der Waals surface area contributed by atoms with Gasteiger partial charge in [0.25, 0.3) is 0 Å². The van der Waals surface area contributed by atoms with Crippen LogP contribution in [0.5, 0.6) is 0 Å². The average Bonchev–Trinajstić information content (AvgIpc) is 2.31. The molecule has 0 aromatic heterocycles. The van der Waals surface area contributed by atoms with Gasteiger partial charge in [-0.1, -0.05) is 33.4 Å². The fourth-order valence-corrected chi connectivity index (χ4v) is 2.19. The lowest BCUT2D eigenvalue weighted by Gasteiger charge is -2.34. The Morgan fingerprint density at radius 1 is 1.25 bits per heavy atom. The molecule has 1 nitrogen and oxygen atoms in total. The summed E-state index contributed by atoms with van der Waals surface area (Å²) in [5, 5.41) is 0. The highest BCUT2D eigenvalue weighted by molar-refractivity contribution is 5.32. The van der Waals surface area contributed by atoms with E-state index in [1.54, 1.807) is 0 Å². The highest BCUT2D eigenvalue weighted by Gasteiger charge is 2.19. The number of allylic oxidation sites excluding steroid dienone is 3. The summed E-state index contributed by atoms with van der Waals surface area (Å²) in [6.07, 6.45) is 6.26. The molecule has 0 aromatic carbocycles. The Balaban J connectivity index is 0.000000606. The third-order valence-electron chi connectivity index (χ3n) is 3.09. The van der Waals surface area contributed by atoms with Gasteiger partial charge in [0, 0.05) is 17.8 Å². The van der Waals surface area contributed by atoms with E-state index < -0.39 is 0 Å². The minimum Gasteiger partial charge on any atom is -0.342 e. The van der Waals surface area contributed by atoms with Crippen molar-refractivity contribution in [3.05, 3.63) is 28.8 Å². The van der Waals surface area contributed by atoms with Crippen LogP contribution in [-0.2, 0) is 0 Å². The first kappa shape index (κ1) is 13.1. The molecule has 1 saturated heterocycles. The lowest BCUT2D eigenvalue weighted by molar-refractivity contribution is 0.350. The van der Waals surface area contributed by atoms with Gasteiger partial charge in [-0.25, -0.2) is 0 Å². The van der Waals surface area contributed by atoms with E-state index in [4.69, 9.17) is 0 Å². The lowest BCUT2D eigenvalue weighted by Crippen LogP contribution is -2.27. The molecule has 0 saturated carbocycles. The zero-order valence-corrected chi connectivity index (χ0v) is 11.4. The Labute approximate surface area is 101 Å². The molecule has 0 N–H and O–H groups in total. The van der Waals surface area contributed by atoms with Gasteiger partial charge in [-0.15, -0.1) is 0 Å². The lowest BCUT2D eigenvalue weighted by atomic mass is 9.96. The highest BCUT2D eigenvalue weighted by atomic mass is 15.1. The number of hydrogen-bond donors (Lipinski definition) is 0. The molecule has 90 valence electrons. The molecule has 0 unspecified atom stereocenters. The third-order valence-corrected chi connectivity index (χ3v) is 3.09. The topological polar surface area (TPSA) is 3.24 Å². The monoisotopic (exact) mass is 219 g/mol. The van der Waals surface area contributed by atoms with Crippen molar-refractivity contribution in [2.75, 3.05) is 6.54 Å². The SMILES string of the molecule is CC.CC1=C=C(C(C)C)C=C2CCCCN12. The molecule has 2 heterocycles. The zero-order valence-electron chi connectivity index (χ0n) is 11.4. The van der Waals surface area contributed by atoms with Gasteiger partial charge >= 0.3 is 0 Å². The van der Waals surface area contributed by atoms with E-state index in [2.05, 4.69) is 37.5 Å². The predicted molar refractivity (Wildman–Crippen MR) is 71.0 cm³/mol. The fourth-order valence-electron chi connectivity index (χ4n) is 2.19. The molecular formula is C15H25N. The maximum absolute atomic E-state index is 3.50. The Bertz CT molecular complexity index is 327. The second kappa shape index (κ2) is 5.96. The number of fused-ring (bicyclic) bond motifs is 1. The molecule has 0 aliphatic carbocycles. The molecule has 2 aliphatic rings. The second-order valence-electron chi connectivity index (χ2n) is 4.56. The molecule has 1 fully saturated rings. The Kier molecular flexibility index (Phi) is 4.89. The Hall–Kier alpha value is -0.940. The van der Waals surface area contributed by atoms with E-state index in [1.807, 2.05) is 13.8 Å².